The summed E-state index contributed by atoms with van der Waals surface area (Å²) in [5, 5.41) is 3.47. The van der Waals surface area contributed by atoms with Crippen molar-refractivity contribution in [2.24, 2.45) is 0 Å². The van der Waals surface area contributed by atoms with Gasteiger partial charge in [0.1, 0.15) is 0 Å². The quantitative estimate of drug-likeness (QED) is 0.868. The zero-order valence-electron chi connectivity index (χ0n) is 11.4. The first kappa shape index (κ1) is 13.0. The fraction of sp³-hybridized carbons (Fsp3) is 0.571. The Labute approximate surface area is 109 Å². The number of hydrogen-bond donors (Lipinski definition) is 1. The van der Waals surface area contributed by atoms with Crippen molar-refractivity contribution >= 4 is 5.69 Å². The molecule has 0 radical (unpaired) electrons. The highest BCUT2D eigenvalue weighted by Gasteiger charge is 2.20. The molecule has 0 saturated carbocycles. The summed E-state index contributed by atoms with van der Waals surface area (Å²) < 4.78 is 10.5. The minimum atomic E-state index is 0.637. The molecule has 1 N–H and O–H groups in total. The Morgan fingerprint density at radius 2 is 2.06 bits per heavy atom. The van der Waals surface area contributed by atoms with E-state index in [4.69, 9.17) is 9.47 Å². The number of ether oxygens (including phenoxy) is 2. The Hall–Kier alpha value is -1.42. The Morgan fingerprint density at radius 3 is 2.67 bits per heavy atom. The van der Waals surface area contributed by atoms with Crippen LogP contribution < -0.4 is 14.8 Å². The third-order valence-corrected chi connectivity index (χ3v) is 3.60. The third kappa shape index (κ3) is 2.88. The van der Waals surface area contributed by atoms with Crippen molar-refractivity contribution in [2.45, 2.75) is 18.9 Å². The predicted octanol–water partition coefficient (Wildman–Crippen LogP) is 2.21. The number of nitrogens with zero attached hydrogens (tertiary/aromatic N) is 1. The number of methoxy groups -OCH3 is 2. The molecule has 1 aromatic carbocycles. The molecule has 1 aliphatic rings. The third-order valence-electron chi connectivity index (χ3n) is 3.60. The van der Waals surface area contributed by atoms with Gasteiger partial charge in [-0.15, -0.1) is 0 Å². The van der Waals surface area contributed by atoms with E-state index < -0.39 is 0 Å². The second-order valence-electron chi connectivity index (χ2n) is 4.73. The fourth-order valence-electron chi connectivity index (χ4n) is 2.42. The minimum absolute atomic E-state index is 0.637. The summed E-state index contributed by atoms with van der Waals surface area (Å²) in [6.45, 7) is 2.18. The Bertz CT molecular complexity index is 395. The number of rotatable bonds is 5. The van der Waals surface area contributed by atoms with E-state index in [1.807, 2.05) is 18.2 Å². The predicted molar refractivity (Wildman–Crippen MR) is 73.7 cm³/mol. The second kappa shape index (κ2) is 5.96. The average Bonchev–Trinajstić information content (AvgIpc) is 2.81. The summed E-state index contributed by atoms with van der Waals surface area (Å²) in [4.78, 5) is 2.41. The molecule has 18 heavy (non-hydrogen) atoms. The maximum Gasteiger partial charge on any atom is 0.162 e. The smallest absolute Gasteiger partial charge is 0.162 e. The van der Waals surface area contributed by atoms with Crippen molar-refractivity contribution in [1.29, 1.82) is 0 Å². The van der Waals surface area contributed by atoms with Crippen LogP contribution in [0.15, 0.2) is 18.2 Å². The monoisotopic (exact) mass is 250 g/mol. The van der Waals surface area contributed by atoms with Crippen LogP contribution in [0.1, 0.15) is 12.8 Å². The van der Waals surface area contributed by atoms with E-state index in [-0.39, 0.29) is 0 Å². The lowest BCUT2D eigenvalue weighted by Crippen LogP contribution is -2.31. The van der Waals surface area contributed by atoms with Gasteiger partial charge in [0.15, 0.2) is 11.5 Å². The maximum atomic E-state index is 5.29. The molecule has 4 heteroatoms. The van der Waals surface area contributed by atoms with E-state index in [9.17, 15) is 0 Å². The van der Waals surface area contributed by atoms with Crippen LogP contribution >= 0.6 is 0 Å². The summed E-state index contributed by atoms with van der Waals surface area (Å²) >= 11 is 0. The van der Waals surface area contributed by atoms with Crippen LogP contribution in [0.3, 0.4) is 0 Å². The second-order valence-corrected chi connectivity index (χ2v) is 4.73. The molecule has 2 rings (SSSR count). The van der Waals surface area contributed by atoms with Crippen LogP contribution in [0, 0.1) is 0 Å². The van der Waals surface area contributed by atoms with Gasteiger partial charge in [-0.3, -0.25) is 0 Å². The number of hydrogen-bond acceptors (Lipinski definition) is 4. The summed E-state index contributed by atoms with van der Waals surface area (Å²) in [7, 11) is 5.50. The topological polar surface area (TPSA) is 33.7 Å². The molecule has 0 amide bonds. The standard InChI is InChI=1S/C14H22N2O2/c1-16-8-4-5-12(16)10-15-11-6-7-13(17-2)14(9-11)18-3/h6-7,9,12,15H,4-5,8,10H2,1-3H3. The van der Waals surface area contributed by atoms with Crippen LogP contribution in [0.2, 0.25) is 0 Å². The molecule has 1 aliphatic heterocycles. The number of nitrogens with one attached hydrogen (secondary N) is 1. The van der Waals surface area contributed by atoms with Crippen LogP contribution in [0.5, 0.6) is 11.5 Å². The molecule has 1 saturated heterocycles. The Morgan fingerprint density at radius 1 is 1.28 bits per heavy atom. The minimum Gasteiger partial charge on any atom is -0.493 e. The number of benzene rings is 1. The van der Waals surface area contributed by atoms with Crippen molar-refractivity contribution in [1.82, 2.24) is 4.90 Å². The summed E-state index contributed by atoms with van der Waals surface area (Å²) in [6, 6.07) is 6.57. The lowest BCUT2D eigenvalue weighted by molar-refractivity contribution is 0.322. The van der Waals surface area contributed by atoms with Gasteiger partial charge >= 0.3 is 0 Å². The molecule has 0 aliphatic carbocycles. The number of likely N-dealkylation sites (tertiary alicyclic amines) is 1. The van der Waals surface area contributed by atoms with Crippen molar-refractivity contribution in [3.8, 4) is 11.5 Å². The molecule has 0 bridgehead atoms. The summed E-state index contributed by atoms with van der Waals surface area (Å²) in [5.41, 5.74) is 1.08. The summed E-state index contributed by atoms with van der Waals surface area (Å²) in [5.74, 6) is 1.53. The van der Waals surface area contributed by atoms with Crippen molar-refractivity contribution in [3.63, 3.8) is 0 Å². The first-order valence-corrected chi connectivity index (χ1v) is 6.40. The lowest BCUT2D eigenvalue weighted by Gasteiger charge is -2.20. The van der Waals surface area contributed by atoms with Gasteiger partial charge in [0.25, 0.3) is 0 Å². The van der Waals surface area contributed by atoms with Gasteiger partial charge in [-0.05, 0) is 38.6 Å². The van der Waals surface area contributed by atoms with Gasteiger partial charge in [-0.2, -0.15) is 0 Å². The van der Waals surface area contributed by atoms with E-state index in [1.54, 1.807) is 14.2 Å². The molecule has 1 atom stereocenters. The number of anilines is 1. The highest BCUT2D eigenvalue weighted by atomic mass is 16.5. The zero-order valence-corrected chi connectivity index (χ0v) is 11.4. The van der Waals surface area contributed by atoms with Crippen LogP contribution in [-0.4, -0.2) is 45.3 Å². The van der Waals surface area contributed by atoms with Gasteiger partial charge in [-0.1, -0.05) is 0 Å². The molecular weight excluding hydrogens is 228 g/mol. The molecular formula is C14H22N2O2. The maximum absolute atomic E-state index is 5.29. The van der Waals surface area contributed by atoms with Crippen molar-refractivity contribution < 1.29 is 9.47 Å². The molecule has 1 fully saturated rings. The van der Waals surface area contributed by atoms with Crippen molar-refractivity contribution in [3.05, 3.63) is 18.2 Å². The molecule has 100 valence electrons. The van der Waals surface area contributed by atoms with E-state index in [0.29, 0.717) is 6.04 Å². The normalized spacial score (nSPS) is 19.8. The summed E-state index contributed by atoms with van der Waals surface area (Å²) in [6.07, 6.45) is 2.57. The van der Waals surface area contributed by atoms with Crippen LogP contribution in [0.25, 0.3) is 0 Å². The average molecular weight is 250 g/mol. The largest absolute Gasteiger partial charge is 0.493 e. The van der Waals surface area contributed by atoms with Gasteiger partial charge in [0.2, 0.25) is 0 Å². The molecule has 1 unspecified atom stereocenters. The lowest BCUT2D eigenvalue weighted by atomic mass is 10.2. The van der Waals surface area contributed by atoms with Gasteiger partial charge in [0.05, 0.1) is 14.2 Å². The number of likely N-dealkylation sites (N-methyl/N-ethyl adjacent to an activating group) is 1. The Kier molecular flexibility index (Phi) is 4.31. The molecule has 0 spiro atoms. The highest BCUT2D eigenvalue weighted by molar-refractivity contribution is 5.54. The Balaban J connectivity index is 1.97. The molecule has 1 heterocycles. The first-order chi connectivity index (χ1) is 8.74. The van der Waals surface area contributed by atoms with E-state index in [0.717, 1.165) is 23.7 Å². The van der Waals surface area contributed by atoms with E-state index in [2.05, 4.69) is 17.3 Å². The van der Waals surface area contributed by atoms with E-state index in [1.165, 1.54) is 19.4 Å². The molecule has 0 aromatic heterocycles. The first-order valence-electron chi connectivity index (χ1n) is 6.40. The highest BCUT2D eigenvalue weighted by Crippen LogP contribution is 2.29. The molecule has 1 aromatic rings. The fourth-order valence-corrected chi connectivity index (χ4v) is 2.42. The van der Waals surface area contributed by atoms with Crippen molar-refractivity contribution in [2.75, 3.05) is 39.7 Å². The molecule has 4 nitrogen and oxygen atoms in total. The van der Waals surface area contributed by atoms with Crippen LogP contribution in [0.4, 0.5) is 5.69 Å². The van der Waals surface area contributed by atoms with Crippen LogP contribution in [-0.2, 0) is 0 Å². The SMILES string of the molecule is COc1ccc(NCC2CCCN2C)cc1OC. The van der Waals surface area contributed by atoms with Gasteiger partial charge < -0.3 is 19.7 Å². The van der Waals surface area contributed by atoms with Gasteiger partial charge in [0, 0.05) is 24.3 Å². The zero-order chi connectivity index (χ0) is 13.0. The van der Waals surface area contributed by atoms with Gasteiger partial charge in [-0.25, -0.2) is 0 Å². The van der Waals surface area contributed by atoms with E-state index >= 15 is 0 Å².